The highest BCUT2D eigenvalue weighted by molar-refractivity contribution is 5.78. The molecule has 0 unspecified atom stereocenters. The van der Waals surface area contributed by atoms with Crippen molar-refractivity contribution < 1.29 is 4.79 Å². The molecule has 1 amide bonds. The van der Waals surface area contributed by atoms with Crippen LogP contribution < -0.4 is 0 Å². The fourth-order valence-corrected chi connectivity index (χ4v) is 3.01. The molecule has 2 atom stereocenters. The third-order valence-corrected chi connectivity index (χ3v) is 3.82. The van der Waals surface area contributed by atoms with Crippen LogP contribution in [0.3, 0.4) is 0 Å². The molecule has 2 heteroatoms. The first-order chi connectivity index (χ1) is 7.36. The number of likely N-dealkylation sites (tertiary alicyclic amines) is 1. The van der Waals surface area contributed by atoms with Gasteiger partial charge in [0.2, 0.25) is 5.91 Å². The first kappa shape index (κ1) is 13.5. The molecule has 0 aromatic carbocycles. The SMILES string of the molecule is CC(C)C(=O)N1CC[C@@H](C(C)C)[C@@H]1C(C)C. The first-order valence-electron chi connectivity index (χ1n) is 6.66. The molecule has 0 N–H and O–H groups in total. The van der Waals surface area contributed by atoms with Crippen molar-refractivity contribution in [2.75, 3.05) is 6.54 Å². The van der Waals surface area contributed by atoms with E-state index in [9.17, 15) is 4.79 Å². The lowest BCUT2D eigenvalue weighted by Gasteiger charge is -2.34. The zero-order valence-electron chi connectivity index (χ0n) is 11.7. The van der Waals surface area contributed by atoms with Gasteiger partial charge in [-0.3, -0.25) is 4.79 Å². The molecule has 0 aromatic rings. The summed E-state index contributed by atoms with van der Waals surface area (Å²) in [4.78, 5) is 14.3. The Bertz CT molecular complexity index is 245. The maximum Gasteiger partial charge on any atom is 0.225 e. The summed E-state index contributed by atoms with van der Waals surface area (Å²) in [5, 5.41) is 0. The van der Waals surface area contributed by atoms with Gasteiger partial charge in [-0.1, -0.05) is 41.5 Å². The van der Waals surface area contributed by atoms with Crippen molar-refractivity contribution in [2.45, 2.75) is 54.0 Å². The predicted octanol–water partition coefficient (Wildman–Crippen LogP) is 3.17. The quantitative estimate of drug-likeness (QED) is 0.722. The van der Waals surface area contributed by atoms with Gasteiger partial charge in [0.25, 0.3) is 0 Å². The molecular formula is C14H27NO. The van der Waals surface area contributed by atoms with Gasteiger partial charge in [0.05, 0.1) is 0 Å². The van der Waals surface area contributed by atoms with E-state index in [0.29, 0.717) is 29.7 Å². The molecular weight excluding hydrogens is 198 g/mol. The van der Waals surface area contributed by atoms with E-state index in [1.165, 1.54) is 6.42 Å². The molecule has 2 nitrogen and oxygen atoms in total. The van der Waals surface area contributed by atoms with Crippen LogP contribution in [0.25, 0.3) is 0 Å². The molecule has 0 radical (unpaired) electrons. The van der Waals surface area contributed by atoms with Crippen molar-refractivity contribution >= 4 is 5.91 Å². The maximum absolute atomic E-state index is 12.2. The summed E-state index contributed by atoms with van der Waals surface area (Å²) in [6.45, 7) is 14.0. The van der Waals surface area contributed by atoms with Crippen LogP contribution in [0.4, 0.5) is 0 Å². The van der Waals surface area contributed by atoms with Crippen molar-refractivity contribution in [3.8, 4) is 0 Å². The number of rotatable bonds is 3. The fourth-order valence-electron chi connectivity index (χ4n) is 3.01. The lowest BCUT2D eigenvalue weighted by Crippen LogP contribution is -2.44. The number of amides is 1. The second kappa shape index (κ2) is 5.20. The van der Waals surface area contributed by atoms with Gasteiger partial charge in [0, 0.05) is 18.5 Å². The summed E-state index contributed by atoms with van der Waals surface area (Å²) >= 11 is 0. The molecule has 94 valence electrons. The minimum Gasteiger partial charge on any atom is -0.339 e. The number of carbonyl (C=O) groups excluding carboxylic acids is 1. The average molecular weight is 225 g/mol. The van der Waals surface area contributed by atoms with Crippen LogP contribution in [-0.2, 0) is 4.79 Å². The second-order valence-corrected chi connectivity index (χ2v) is 6.12. The van der Waals surface area contributed by atoms with E-state index in [2.05, 4.69) is 32.6 Å². The molecule has 0 aromatic heterocycles. The Labute approximate surface area is 100 Å². The van der Waals surface area contributed by atoms with E-state index >= 15 is 0 Å². The number of hydrogen-bond acceptors (Lipinski definition) is 1. The largest absolute Gasteiger partial charge is 0.339 e. The van der Waals surface area contributed by atoms with Crippen LogP contribution in [0.1, 0.15) is 48.0 Å². The zero-order valence-corrected chi connectivity index (χ0v) is 11.7. The van der Waals surface area contributed by atoms with Crippen LogP contribution in [-0.4, -0.2) is 23.4 Å². The van der Waals surface area contributed by atoms with Gasteiger partial charge >= 0.3 is 0 Å². The number of carbonyl (C=O) groups is 1. The van der Waals surface area contributed by atoms with Crippen LogP contribution in [0.5, 0.6) is 0 Å². The summed E-state index contributed by atoms with van der Waals surface area (Å²) in [6, 6.07) is 0.454. The standard InChI is InChI=1S/C14H27NO/c1-9(2)12-7-8-15(13(12)10(3)4)14(16)11(5)6/h9-13H,7-8H2,1-6H3/t12-,13-/m0/s1. The summed E-state index contributed by atoms with van der Waals surface area (Å²) in [5.74, 6) is 2.40. The van der Waals surface area contributed by atoms with Crippen molar-refractivity contribution in [3.63, 3.8) is 0 Å². The van der Waals surface area contributed by atoms with Gasteiger partial charge in [0.1, 0.15) is 0 Å². The molecule has 1 aliphatic rings. The summed E-state index contributed by atoms with van der Waals surface area (Å²) < 4.78 is 0. The summed E-state index contributed by atoms with van der Waals surface area (Å²) in [7, 11) is 0. The Morgan fingerprint density at radius 2 is 1.62 bits per heavy atom. The van der Waals surface area contributed by atoms with Crippen LogP contribution >= 0.6 is 0 Å². The Balaban J connectivity index is 2.84. The van der Waals surface area contributed by atoms with Crippen molar-refractivity contribution in [2.24, 2.45) is 23.7 Å². The number of nitrogens with zero attached hydrogens (tertiary/aromatic N) is 1. The maximum atomic E-state index is 12.2. The lowest BCUT2D eigenvalue weighted by atomic mass is 9.83. The minimum absolute atomic E-state index is 0.132. The molecule has 16 heavy (non-hydrogen) atoms. The first-order valence-corrected chi connectivity index (χ1v) is 6.66. The molecule has 0 spiro atoms. The Hall–Kier alpha value is -0.530. The van der Waals surface area contributed by atoms with Crippen LogP contribution in [0.2, 0.25) is 0 Å². The van der Waals surface area contributed by atoms with Crippen LogP contribution in [0.15, 0.2) is 0 Å². The van der Waals surface area contributed by atoms with Gasteiger partial charge in [-0.15, -0.1) is 0 Å². The highest BCUT2D eigenvalue weighted by Crippen LogP contribution is 2.35. The van der Waals surface area contributed by atoms with Gasteiger partial charge in [-0.2, -0.15) is 0 Å². The van der Waals surface area contributed by atoms with E-state index in [1.807, 2.05) is 13.8 Å². The summed E-state index contributed by atoms with van der Waals surface area (Å²) in [6.07, 6.45) is 1.18. The Morgan fingerprint density at radius 3 is 2.00 bits per heavy atom. The predicted molar refractivity (Wildman–Crippen MR) is 68.1 cm³/mol. The third-order valence-electron chi connectivity index (χ3n) is 3.82. The topological polar surface area (TPSA) is 20.3 Å². The van der Waals surface area contributed by atoms with Crippen molar-refractivity contribution in [3.05, 3.63) is 0 Å². The van der Waals surface area contributed by atoms with Gasteiger partial charge in [-0.25, -0.2) is 0 Å². The third kappa shape index (κ3) is 2.58. The van der Waals surface area contributed by atoms with E-state index in [-0.39, 0.29) is 5.92 Å². The molecule has 0 aliphatic carbocycles. The molecule has 1 heterocycles. The van der Waals surface area contributed by atoms with E-state index in [0.717, 1.165) is 6.54 Å². The molecule has 1 saturated heterocycles. The highest BCUT2D eigenvalue weighted by Gasteiger charge is 2.40. The van der Waals surface area contributed by atoms with Crippen LogP contribution in [0, 0.1) is 23.7 Å². The lowest BCUT2D eigenvalue weighted by molar-refractivity contribution is -0.136. The summed E-state index contributed by atoms with van der Waals surface area (Å²) in [5.41, 5.74) is 0. The smallest absolute Gasteiger partial charge is 0.225 e. The minimum atomic E-state index is 0.132. The molecule has 0 bridgehead atoms. The Morgan fingerprint density at radius 1 is 1.06 bits per heavy atom. The van der Waals surface area contributed by atoms with Crippen molar-refractivity contribution in [1.82, 2.24) is 4.90 Å². The van der Waals surface area contributed by atoms with Gasteiger partial charge in [-0.05, 0) is 24.2 Å². The molecule has 1 fully saturated rings. The highest BCUT2D eigenvalue weighted by atomic mass is 16.2. The van der Waals surface area contributed by atoms with Crippen molar-refractivity contribution in [1.29, 1.82) is 0 Å². The van der Waals surface area contributed by atoms with E-state index in [1.54, 1.807) is 0 Å². The molecule has 1 rings (SSSR count). The van der Waals surface area contributed by atoms with E-state index in [4.69, 9.17) is 0 Å². The second-order valence-electron chi connectivity index (χ2n) is 6.12. The number of hydrogen-bond donors (Lipinski definition) is 0. The molecule has 1 aliphatic heterocycles. The fraction of sp³-hybridized carbons (Fsp3) is 0.929. The Kier molecular flexibility index (Phi) is 4.40. The molecule has 0 saturated carbocycles. The zero-order chi connectivity index (χ0) is 12.5. The average Bonchev–Trinajstić information content (AvgIpc) is 2.60. The monoisotopic (exact) mass is 225 g/mol. The van der Waals surface area contributed by atoms with Gasteiger partial charge in [0.15, 0.2) is 0 Å². The van der Waals surface area contributed by atoms with E-state index < -0.39 is 0 Å². The van der Waals surface area contributed by atoms with Gasteiger partial charge < -0.3 is 4.90 Å². The normalized spacial score (nSPS) is 26.2.